The normalized spacial score (nSPS) is 14.7. The van der Waals surface area contributed by atoms with Crippen LogP contribution >= 0.6 is 11.3 Å². The van der Waals surface area contributed by atoms with Gasteiger partial charge in [-0.1, -0.05) is 36.8 Å². The van der Waals surface area contributed by atoms with Crippen molar-refractivity contribution in [3.63, 3.8) is 0 Å². The Balaban J connectivity index is 1.64. The maximum Gasteiger partial charge on any atom is 0.341 e. The van der Waals surface area contributed by atoms with Gasteiger partial charge in [-0.2, -0.15) is 0 Å². The third kappa shape index (κ3) is 5.47. The summed E-state index contributed by atoms with van der Waals surface area (Å²) in [7, 11) is 5.45. The Labute approximate surface area is 182 Å². The highest BCUT2D eigenvalue weighted by Gasteiger charge is 2.26. The number of carbonyl (C=O) groups is 2. The van der Waals surface area contributed by atoms with E-state index >= 15 is 0 Å². The first-order valence-electron chi connectivity index (χ1n) is 10.5. The molecule has 162 valence electrons. The Morgan fingerprint density at radius 1 is 1.13 bits per heavy atom. The van der Waals surface area contributed by atoms with Crippen LogP contribution in [0.1, 0.15) is 51.7 Å². The SMILES string of the molecule is COC(=O)c1c(NC(=O)CNC[C@@H](c2ccccc2)N(C)C)sc2c1CCCCC2. The van der Waals surface area contributed by atoms with Gasteiger partial charge in [0.2, 0.25) is 5.91 Å². The molecule has 2 aromatic rings. The lowest BCUT2D eigenvalue weighted by Gasteiger charge is -2.25. The van der Waals surface area contributed by atoms with E-state index in [4.69, 9.17) is 4.74 Å². The zero-order valence-corrected chi connectivity index (χ0v) is 18.8. The van der Waals surface area contributed by atoms with Crippen molar-refractivity contribution in [2.45, 2.75) is 38.1 Å². The molecule has 0 aliphatic heterocycles. The molecule has 0 spiro atoms. The van der Waals surface area contributed by atoms with Crippen LogP contribution in [-0.4, -0.2) is 51.1 Å². The summed E-state index contributed by atoms with van der Waals surface area (Å²) in [6.07, 6.45) is 5.18. The van der Waals surface area contributed by atoms with Crippen molar-refractivity contribution in [2.24, 2.45) is 0 Å². The number of nitrogens with one attached hydrogen (secondary N) is 2. The molecule has 6 nitrogen and oxygen atoms in total. The molecule has 1 heterocycles. The summed E-state index contributed by atoms with van der Waals surface area (Å²) in [6, 6.07) is 10.4. The summed E-state index contributed by atoms with van der Waals surface area (Å²) in [4.78, 5) is 28.4. The van der Waals surface area contributed by atoms with Crippen molar-refractivity contribution in [1.82, 2.24) is 10.2 Å². The average Bonchev–Trinajstić information content (AvgIpc) is 2.91. The minimum atomic E-state index is -0.366. The van der Waals surface area contributed by atoms with Gasteiger partial charge >= 0.3 is 5.97 Å². The van der Waals surface area contributed by atoms with Gasteiger partial charge in [0.1, 0.15) is 5.00 Å². The Bertz CT molecular complexity index is 864. The number of carbonyl (C=O) groups excluding carboxylic acids is 2. The topological polar surface area (TPSA) is 70.7 Å². The van der Waals surface area contributed by atoms with Crippen molar-refractivity contribution < 1.29 is 14.3 Å². The van der Waals surface area contributed by atoms with Crippen molar-refractivity contribution in [2.75, 3.05) is 39.6 Å². The molecule has 2 N–H and O–H groups in total. The first-order valence-corrected chi connectivity index (χ1v) is 11.3. The van der Waals surface area contributed by atoms with Crippen LogP contribution in [0.2, 0.25) is 0 Å². The van der Waals surface area contributed by atoms with E-state index in [1.807, 2.05) is 32.3 Å². The van der Waals surface area contributed by atoms with E-state index in [9.17, 15) is 9.59 Å². The fourth-order valence-electron chi connectivity index (χ4n) is 3.92. The number of nitrogens with zero attached hydrogens (tertiary/aromatic N) is 1. The van der Waals surface area contributed by atoms with Gasteiger partial charge in [-0.15, -0.1) is 11.3 Å². The molecule has 1 aromatic heterocycles. The summed E-state index contributed by atoms with van der Waals surface area (Å²) in [5, 5.41) is 6.82. The van der Waals surface area contributed by atoms with Gasteiger partial charge in [-0.05, 0) is 50.9 Å². The third-order valence-electron chi connectivity index (χ3n) is 5.49. The van der Waals surface area contributed by atoms with Crippen molar-refractivity contribution >= 4 is 28.2 Å². The predicted molar refractivity (Wildman–Crippen MR) is 121 cm³/mol. The zero-order chi connectivity index (χ0) is 21.5. The minimum Gasteiger partial charge on any atom is -0.465 e. The molecular formula is C23H31N3O3S. The fourth-order valence-corrected chi connectivity index (χ4v) is 5.21. The first kappa shape index (κ1) is 22.5. The van der Waals surface area contributed by atoms with Crippen LogP contribution in [0.3, 0.4) is 0 Å². The number of aryl methyl sites for hydroxylation is 1. The number of hydrogen-bond donors (Lipinski definition) is 2. The lowest BCUT2D eigenvalue weighted by atomic mass is 10.1. The van der Waals surface area contributed by atoms with Crippen LogP contribution in [0.25, 0.3) is 0 Å². The van der Waals surface area contributed by atoms with Gasteiger partial charge < -0.3 is 20.3 Å². The standard InChI is InChI=1S/C23H31N3O3S/c1-26(2)18(16-10-6-4-7-11-16)14-24-15-20(27)25-22-21(23(28)29-3)17-12-8-5-9-13-19(17)30-22/h4,6-7,10-11,18,24H,5,8-9,12-15H2,1-3H3,(H,25,27)/t18-/m0/s1. The maximum absolute atomic E-state index is 12.6. The molecule has 0 unspecified atom stereocenters. The lowest BCUT2D eigenvalue weighted by Crippen LogP contribution is -2.35. The Morgan fingerprint density at radius 2 is 1.87 bits per heavy atom. The van der Waals surface area contributed by atoms with E-state index in [1.165, 1.54) is 35.3 Å². The number of thiophene rings is 1. The number of likely N-dealkylation sites (N-methyl/N-ethyl adjacent to an activating group) is 1. The number of hydrogen-bond acceptors (Lipinski definition) is 6. The van der Waals surface area contributed by atoms with E-state index in [-0.39, 0.29) is 24.5 Å². The summed E-state index contributed by atoms with van der Waals surface area (Å²) in [5.41, 5.74) is 2.80. The number of benzene rings is 1. The number of esters is 1. The summed E-state index contributed by atoms with van der Waals surface area (Å²) in [6.45, 7) is 0.829. The lowest BCUT2D eigenvalue weighted by molar-refractivity contribution is -0.115. The quantitative estimate of drug-likeness (QED) is 0.495. The van der Waals surface area contributed by atoms with Gasteiger partial charge in [-0.25, -0.2) is 4.79 Å². The van der Waals surface area contributed by atoms with Crippen molar-refractivity contribution in [3.8, 4) is 0 Å². The second kappa shape index (κ2) is 10.7. The number of anilines is 1. The molecule has 1 amide bonds. The molecule has 30 heavy (non-hydrogen) atoms. The minimum absolute atomic E-state index is 0.151. The highest BCUT2D eigenvalue weighted by Crippen LogP contribution is 2.37. The molecule has 0 saturated carbocycles. The molecule has 3 rings (SSSR count). The maximum atomic E-state index is 12.6. The van der Waals surface area contributed by atoms with Crippen LogP contribution in [0.5, 0.6) is 0 Å². The highest BCUT2D eigenvalue weighted by atomic mass is 32.1. The van der Waals surface area contributed by atoms with E-state index in [1.54, 1.807) is 0 Å². The molecule has 0 bridgehead atoms. The van der Waals surface area contributed by atoms with Crippen molar-refractivity contribution in [1.29, 1.82) is 0 Å². The Hall–Kier alpha value is -2.22. The Kier molecular flexibility index (Phi) is 8.01. The van der Waals surface area contributed by atoms with Crippen LogP contribution in [-0.2, 0) is 22.4 Å². The summed E-state index contributed by atoms with van der Waals surface area (Å²) >= 11 is 1.52. The van der Waals surface area contributed by atoms with Gasteiger partial charge in [0.25, 0.3) is 0 Å². The van der Waals surface area contributed by atoms with Crippen LogP contribution in [0.15, 0.2) is 30.3 Å². The molecule has 1 atom stereocenters. The second-order valence-corrected chi connectivity index (χ2v) is 8.93. The summed E-state index contributed by atoms with van der Waals surface area (Å²) < 4.78 is 5.01. The number of rotatable bonds is 8. The van der Waals surface area contributed by atoms with E-state index in [2.05, 4.69) is 27.7 Å². The largest absolute Gasteiger partial charge is 0.465 e. The molecule has 7 heteroatoms. The number of fused-ring (bicyclic) bond motifs is 1. The van der Waals surface area contributed by atoms with Gasteiger partial charge in [0, 0.05) is 17.5 Å². The monoisotopic (exact) mass is 429 g/mol. The van der Waals surface area contributed by atoms with Crippen LogP contribution in [0.4, 0.5) is 5.00 Å². The van der Waals surface area contributed by atoms with Gasteiger partial charge in [0.15, 0.2) is 0 Å². The third-order valence-corrected chi connectivity index (χ3v) is 6.70. The van der Waals surface area contributed by atoms with E-state index in [0.29, 0.717) is 17.1 Å². The zero-order valence-electron chi connectivity index (χ0n) is 18.0. The second-order valence-electron chi connectivity index (χ2n) is 7.83. The predicted octanol–water partition coefficient (Wildman–Crippen LogP) is 3.63. The van der Waals surface area contributed by atoms with E-state index in [0.717, 1.165) is 31.2 Å². The summed E-state index contributed by atoms with van der Waals surface area (Å²) in [5.74, 6) is -0.517. The highest BCUT2D eigenvalue weighted by molar-refractivity contribution is 7.17. The number of amides is 1. The molecular weight excluding hydrogens is 398 g/mol. The van der Waals surface area contributed by atoms with Crippen LogP contribution in [0, 0.1) is 0 Å². The number of ether oxygens (including phenoxy) is 1. The average molecular weight is 430 g/mol. The molecule has 0 radical (unpaired) electrons. The molecule has 0 fully saturated rings. The van der Waals surface area contributed by atoms with Crippen molar-refractivity contribution in [3.05, 3.63) is 51.9 Å². The molecule has 0 saturated heterocycles. The molecule has 1 aliphatic carbocycles. The van der Waals surface area contributed by atoms with Gasteiger partial charge in [-0.3, -0.25) is 4.79 Å². The van der Waals surface area contributed by atoms with Crippen LogP contribution < -0.4 is 10.6 Å². The van der Waals surface area contributed by atoms with E-state index < -0.39 is 0 Å². The molecule has 1 aliphatic rings. The molecule has 1 aromatic carbocycles. The number of methoxy groups -OCH3 is 1. The Morgan fingerprint density at radius 3 is 2.57 bits per heavy atom. The van der Waals surface area contributed by atoms with Gasteiger partial charge in [0.05, 0.1) is 19.2 Å². The first-order chi connectivity index (χ1) is 14.5. The smallest absolute Gasteiger partial charge is 0.341 e. The fraction of sp³-hybridized carbons (Fsp3) is 0.478.